The van der Waals surface area contributed by atoms with E-state index in [-0.39, 0.29) is 0 Å². The lowest BCUT2D eigenvalue weighted by molar-refractivity contribution is 0.668. The highest BCUT2D eigenvalue weighted by Gasteiger charge is 2.15. The molecule has 2 rings (SSSR count). The average molecular weight is 268 g/mol. The first kappa shape index (κ1) is 14.7. The second-order valence-electron chi connectivity index (χ2n) is 5.50. The summed E-state index contributed by atoms with van der Waals surface area (Å²) in [5, 5.41) is 0. The van der Waals surface area contributed by atoms with Gasteiger partial charge in [0.05, 0.1) is 11.4 Å². The molecule has 0 N–H and O–H groups in total. The fourth-order valence-electron chi connectivity index (χ4n) is 2.28. The molecule has 0 spiro atoms. The number of hydrogen-bond donors (Lipinski definition) is 0. The predicted octanol–water partition coefficient (Wildman–Crippen LogP) is 5.17. The van der Waals surface area contributed by atoms with Crippen LogP contribution in [-0.2, 0) is 0 Å². The Morgan fingerprint density at radius 2 is 1.70 bits per heavy atom. The molecule has 2 aromatic heterocycles. The number of hydrogen-bond acceptors (Lipinski definition) is 2. The summed E-state index contributed by atoms with van der Waals surface area (Å²) < 4.78 is 0. The average Bonchev–Trinajstić information content (AvgIpc) is 2.53. The fraction of sp³-hybridized carbons (Fsp3) is 0.444. The largest absolute Gasteiger partial charge is 0.257 e. The second kappa shape index (κ2) is 6.65. The molecular formula is C18H24N2. The zero-order valence-electron chi connectivity index (χ0n) is 12.9. The maximum Gasteiger partial charge on any atom is 0.0720 e. The quantitative estimate of drug-likeness (QED) is 0.747. The Bertz CT molecular complexity index is 549. The molecule has 2 unspecified atom stereocenters. The lowest BCUT2D eigenvalue weighted by Crippen LogP contribution is -2.05. The molecule has 0 aliphatic rings. The summed E-state index contributed by atoms with van der Waals surface area (Å²) in [7, 11) is 0. The normalized spacial score (nSPS) is 14.0. The molecule has 106 valence electrons. The van der Waals surface area contributed by atoms with Gasteiger partial charge in [0.2, 0.25) is 0 Å². The summed E-state index contributed by atoms with van der Waals surface area (Å²) in [6.45, 7) is 8.91. The Morgan fingerprint density at radius 3 is 2.30 bits per heavy atom. The van der Waals surface area contributed by atoms with Gasteiger partial charge < -0.3 is 0 Å². The van der Waals surface area contributed by atoms with Crippen molar-refractivity contribution in [2.24, 2.45) is 0 Å². The van der Waals surface area contributed by atoms with Crippen LogP contribution in [0.1, 0.15) is 63.8 Å². The molecule has 2 nitrogen and oxygen atoms in total. The molecule has 0 radical (unpaired) electrons. The summed E-state index contributed by atoms with van der Waals surface area (Å²) in [6, 6.07) is 10.4. The molecule has 0 aliphatic heterocycles. The van der Waals surface area contributed by atoms with E-state index in [2.05, 4.69) is 50.9 Å². The summed E-state index contributed by atoms with van der Waals surface area (Å²) in [5.74, 6) is 0.964. The summed E-state index contributed by atoms with van der Waals surface area (Å²) in [5.41, 5.74) is 4.57. The van der Waals surface area contributed by atoms with Gasteiger partial charge in [-0.25, -0.2) is 0 Å². The third kappa shape index (κ3) is 3.06. The fourth-order valence-corrected chi connectivity index (χ4v) is 2.28. The van der Waals surface area contributed by atoms with Gasteiger partial charge in [-0.15, -0.1) is 0 Å². The van der Waals surface area contributed by atoms with Crippen LogP contribution in [-0.4, -0.2) is 9.97 Å². The van der Waals surface area contributed by atoms with Crippen molar-refractivity contribution in [3.8, 4) is 11.3 Å². The second-order valence-corrected chi connectivity index (χ2v) is 5.50. The summed E-state index contributed by atoms with van der Waals surface area (Å²) in [4.78, 5) is 9.43. The van der Waals surface area contributed by atoms with Crippen molar-refractivity contribution in [1.29, 1.82) is 0 Å². The molecular weight excluding hydrogens is 244 g/mol. The zero-order valence-corrected chi connectivity index (χ0v) is 12.9. The molecule has 0 fully saturated rings. The third-order valence-corrected chi connectivity index (χ3v) is 4.08. The van der Waals surface area contributed by atoms with Gasteiger partial charge >= 0.3 is 0 Å². The van der Waals surface area contributed by atoms with Crippen molar-refractivity contribution in [3.05, 3.63) is 47.9 Å². The number of nitrogens with zero attached hydrogens (tertiary/aromatic N) is 2. The van der Waals surface area contributed by atoms with Crippen LogP contribution in [0.2, 0.25) is 0 Å². The van der Waals surface area contributed by atoms with Gasteiger partial charge in [-0.3, -0.25) is 9.97 Å². The molecule has 0 saturated carbocycles. The molecule has 2 heterocycles. The Hall–Kier alpha value is -1.70. The third-order valence-electron chi connectivity index (χ3n) is 4.08. The van der Waals surface area contributed by atoms with Gasteiger partial charge in [-0.05, 0) is 48.9 Å². The lowest BCUT2D eigenvalue weighted by atomic mass is 9.95. The van der Waals surface area contributed by atoms with Crippen molar-refractivity contribution in [3.63, 3.8) is 0 Å². The Kier molecular flexibility index (Phi) is 4.89. The van der Waals surface area contributed by atoms with Crippen LogP contribution in [0.4, 0.5) is 0 Å². The maximum atomic E-state index is 4.95. The molecule has 0 aromatic carbocycles. The van der Waals surface area contributed by atoms with Gasteiger partial charge in [-0.1, -0.05) is 33.8 Å². The Labute approximate surface area is 122 Å². The highest BCUT2D eigenvalue weighted by molar-refractivity contribution is 5.62. The van der Waals surface area contributed by atoms with E-state index in [9.17, 15) is 0 Å². The number of pyridine rings is 2. The van der Waals surface area contributed by atoms with Gasteiger partial charge in [0.1, 0.15) is 0 Å². The molecule has 2 aromatic rings. The predicted molar refractivity (Wildman–Crippen MR) is 84.9 cm³/mol. The van der Waals surface area contributed by atoms with E-state index in [1.807, 2.05) is 18.3 Å². The molecule has 20 heavy (non-hydrogen) atoms. The minimum absolute atomic E-state index is 0.455. The first-order valence-electron chi connectivity index (χ1n) is 7.59. The van der Waals surface area contributed by atoms with Gasteiger partial charge in [-0.2, -0.15) is 0 Å². The monoisotopic (exact) mass is 268 g/mol. The number of aromatic nitrogens is 2. The molecule has 2 atom stereocenters. The SMILES string of the molecule is CCC(C)c1ccc(-c2ccccn2)c(C(C)CC)n1. The maximum absolute atomic E-state index is 4.95. The van der Waals surface area contributed by atoms with E-state index in [0.717, 1.165) is 18.5 Å². The standard InChI is InChI=1S/C18H24N2/c1-5-13(3)16-11-10-15(17-9-7-8-12-19-17)18(20-16)14(4)6-2/h7-14H,5-6H2,1-4H3. The highest BCUT2D eigenvalue weighted by atomic mass is 14.8. The van der Waals surface area contributed by atoms with Crippen LogP contribution < -0.4 is 0 Å². The zero-order chi connectivity index (χ0) is 14.5. The minimum atomic E-state index is 0.455. The Morgan fingerprint density at radius 1 is 0.950 bits per heavy atom. The molecule has 0 amide bonds. The van der Waals surface area contributed by atoms with Gasteiger partial charge in [0.15, 0.2) is 0 Å². The number of rotatable bonds is 5. The van der Waals surface area contributed by atoms with Crippen LogP contribution in [0.15, 0.2) is 36.5 Å². The topological polar surface area (TPSA) is 25.8 Å². The van der Waals surface area contributed by atoms with E-state index in [1.54, 1.807) is 0 Å². The van der Waals surface area contributed by atoms with Crippen molar-refractivity contribution >= 4 is 0 Å². The molecule has 0 saturated heterocycles. The van der Waals surface area contributed by atoms with Gasteiger partial charge in [0, 0.05) is 17.5 Å². The summed E-state index contributed by atoms with van der Waals surface area (Å²) >= 11 is 0. The first-order valence-corrected chi connectivity index (χ1v) is 7.59. The van der Waals surface area contributed by atoms with Crippen molar-refractivity contribution in [2.45, 2.75) is 52.4 Å². The first-order chi connectivity index (χ1) is 9.67. The highest BCUT2D eigenvalue weighted by Crippen LogP contribution is 2.30. The van der Waals surface area contributed by atoms with Gasteiger partial charge in [0.25, 0.3) is 0 Å². The molecule has 0 bridgehead atoms. The smallest absolute Gasteiger partial charge is 0.0720 e. The Balaban J connectivity index is 2.51. The van der Waals surface area contributed by atoms with Crippen molar-refractivity contribution < 1.29 is 0 Å². The van der Waals surface area contributed by atoms with E-state index in [0.29, 0.717) is 11.8 Å². The lowest BCUT2D eigenvalue weighted by Gasteiger charge is -2.17. The van der Waals surface area contributed by atoms with E-state index in [1.165, 1.54) is 17.0 Å². The van der Waals surface area contributed by atoms with Crippen LogP contribution in [0.3, 0.4) is 0 Å². The van der Waals surface area contributed by atoms with E-state index < -0.39 is 0 Å². The van der Waals surface area contributed by atoms with Crippen LogP contribution in [0.25, 0.3) is 11.3 Å². The van der Waals surface area contributed by atoms with Crippen LogP contribution in [0.5, 0.6) is 0 Å². The van der Waals surface area contributed by atoms with Crippen molar-refractivity contribution in [1.82, 2.24) is 9.97 Å². The van der Waals surface area contributed by atoms with E-state index in [4.69, 9.17) is 4.98 Å². The minimum Gasteiger partial charge on any atom is -0.257 e. The van der Waals surface area contributed by atoms with Crippen LogP contribution in [0, 0.1) is 0 Å². The van der Waals surface area contributed by atoms with E-state index >= 15 is 0 Å². The molecule has 2 heteroatoms. The molecule has 0 aliphatic carbocycles. The van der Waals surface area contributed by atoms with Crippen molar-refractivity contribution in [2.75, 3.05) is 0 Å². The van der Waals surface area contributed by atoms with Crippen LogP contribution >= 0.6 is 0 Å². The summed E-state index contributed by atoms with van der Waals surface area (Å²) in [6.07, 6.45) is 4.06.